The SMILES string of the molecule is O=C(O)CCC1CCC(OCc2ccccc2)CC1. The lowest BCUT2D eigenvalue weighted by Gasteiger charge is -2.28. The molecule has 3 heteroatoms. The Labute approximate surface area is 114 Å². The summed E-state index contributed by atoms with van der Waals surface area (Å²) in [5, 5.41) is 8.68. The van der Waals surface area contributed by atoms with Gasteiger partial charge in [0.2, 0.25) is 0 Å². The fourth-order valence-corrected chi connectivity index (χ4v) is 2.70. The minimum absolute atomic E-state index is 0.306. The molecule has 0 heterocycles. The van der Waals surface area contributed by atoms with Crippen molar-refractivity contribution in [1.29, 1.82) is 0 Å². The topological polar surface area (TPSA) is 46.5 Å². The van der Waals surface area contributed by atoms with Gasteiger partial charge in [-0.15, -0.1) is 0 Å². The Morgan fingerprint density at radius 2 is 1.84 bits per heavy atom. The van der Waals surface area contributed by atoms with Gasteiger partial charge < -0.3 is 9.84 Å². The first kappa shape index (κ1) is 14.1. The van der Waals surface area contributed by atoms with Crippen molar-refractivity contribution in [1.82, 2.24) is 0 Å². The van der Waals surface area contributed by atoms with Crippen LogP contribution in [0.1, 0.15) is 44.1 Å². The normalized spacial score (nSPS) is 23.2. The first-order chi connectivity index (χ1) is 9.24. The number of rotatable bonds is 6. The van der Waals surface area contributed by atoms with Crippen molar-refractivity contribution in [3.05, 3.63) is 35.9 Å². The summed E-state index contributed by atoms with van der Waals surface area (Å²) in [5.41, 5.74) is 1.22. The highest BCUT2D eigenvalue weighted by atomic mass is 16.5. The maximum atomic E-state index is 10.5. The number of carboxylic acid groups (broad SMARTS) is 1. The molecule has 0 amide bonds. The van der Waals surface area contributed by atoms with Gasteiger partial charge in [-0.25, -0.2) is 0 Å². The molecule has 0 atom stereocenters. The van der Waals surface area contributed by atoms with Gasteiger partial charge in [0.1, 0.15) is 0 Å². The molecule has 1 aliphatic carbocycles. The van der Waals surface area contributed by atoms with E-state index in [0.29, 0.717) is 25.0 Å². The second-order valence-electron chi connectivity index (χ2n) is 5.37. The summed E-state index contributed by atoms with van der Waals surface area (Å²) < 4.78 is 5.93. The smallest absolute Gasteiger partial charge is 0.303 e. The van der Waals surface area contributed by atoms with E-state index >= 15 is 0 Å². The van der Waals surface area contributed by atoms with Crippen molar-refractivity contribution >= 4 is 5.97 Å². The molecule has 1 aliphatic rings. The third-order valence-electron chi connectivity index (χ3n) is 3.89. The van der Waals surface area contributed by atoms with Gasteiger partial charge in [-0.05, 0) is 43.6 Å². The van der Waals surface area contributed by atoms with Crippen LogP contribution in [-0.4, -0.2) is 17.2 Å². The Kier molecular flexibility index (Phi) is 5.40. The van der Waals surface area contributed by atoms with Gasteiger partial charge >= 0.3 is 5.97 Å². The quantitative estimate of drug-likeness (QED) is 0.851. The Balaban J connectivity index is 1.65. The van der Waals surface area contributed by atoms with E-state index in [9.17, 15) is 4.79 Å². The molecule has 0 bridgehead atoms. The number of ether oxygens (including phenoxy) is 1. The summed E-state index contributed by atoms with van der Waals surface area (Å²) >= 11 is 0. The summed E-state index contributed by atoms with van der Waals surface area (Å²) in [7, 11) is 0. The number of hydrogen-bond donors (Lipinski definition) is 1. The molecule has 0 aliphatic heterocycles. The van der Waals surface area contributed by atoms with Gasteiger partial charge in [0.25, 0.3) is 0 Å². The van der Waals surface area contributed by atoms with Crippen molar-refractivity contribution in [2.45, 2.75) is 51.2 Å². The van der Waals surface area contributed by atoms with Gasteiger partial charge in [0, 0.05) is 6.42 Å². The second-order valence-corrected chi connectivity index (χ2v) is 5.37. The zero-order valence-electron chi connectivity index (χ0n) is 11.3. The lowest BCUT2D eigenvalue weighted by molar-refractivity contribution is -0.137. The van der Waals surface area contributed by atoms with Crippen LogP contribution in [-0.2, 0) is 16.1 Å². The standard InChI is InChI=1S/C16H22O3/c17-16(18)11-8-13-6-9-15(10-7-13)19-12-14-4-2-1-3-5-14/h1-5,13,15H,6-12H2,(H,17,18). The molecule has 0 unspecified atom stereocenters. The molecule has 1 saturated carbocycles. The number of benzene rings is 1. The van der Waals surface area contributed by atoms with Crippen molar-refractivity contribution in [3.8, 4) is 0 Å². The lowest BCUT2D eigenvalue weighted by atomic mass is 9.84. The van der Waals surface area contributed by atoms with E-state index in [4.69, 9.17) is 9.84 Å². The average molecular weight is 262 g/mol. The summed E-state index contributed by atoms with van der Waals surface area (Å²) in [5.74, 6) is -0.102. The molecule has 0 saturated heterocycles. The molecule has 1 aromatic carbocycles. The second kappa shape index (κ2) is 7.29. The number of carbonyl (C=O) groups is 1. The van der Waals surface area contributed by atoms with E-state index in [-0.39, 0.29) is 0 Å². The Hall–Kier alpha value is -1.35. The first-order valence-electron chi connectivity index (χ1n) is 7.11. The highest BCUT2D eigenvalue weighted by molar-refractivity contribution is 5.66. The third-order valence-corrected chi connectivity index (χ3v) is 3.89. The highest BCUT2D eigenvalue weighted by Crippen LogP contribution is 2.29. The van der Waals surface area contributed by atoms with Crippen LogP contribution in [0, 0.1) is 5.92 Å². The predicted octanol–water partition coefficient (Wildman–Crippen LogP) is 3.63. The van der Waals surface area contributed by atoms with Crippen LogP contribution < -0.4 is 0 Å². The lowest BCUT2D eigenvalue weighted by Crippen LogP contribution is -2.22. The fourth-order valence-electron chi connectivity index (χ4n) is 2.70. The fraction of sp³-hybridized carbons (Fsp3) is 0.562. The largest absolute Gasteiger partial charge is 0.481 e. The molecule has 0 spiro atoms. The van der Waals surface area contributed by atoms with E-state index < -0.39 is 5.97 Å². The molecule has 3 nitrogen and oxygen atoms in total. The molecule has 2 rings (SSSR count). The van der Waals surface area contributed by atoms with Gasteiger partial charge in [-0.3, -0.25) is 4.79 Å². The number of carboxylic acids is 1. The maximum absolute atomic E-state index is 10.5. The van der Waals surface area contributed by atoms with Crippen molar-refractivity contribution in [2.75, 3.05) is 0 Å². The Bertz CT molecular complexity index is 380. The van der Waals surface area contributed by atoms with Crippen LogP contribution in [0.15, 0.2) is 30.3 Å². The zero-order valence-corrected chi connectivity index (χ0v) is 11.3. The molecule has 1 N–H and O–H groups in total. The van der Waals surface area contributed by atoms with Crippen molar-refractivity contribution in [3.63, 3.8) is 0 Å². The van der Waals surface area contributed by atoms with Crippen LogP contribution >= 0.6 is 0 Å². The molecule has 1 aromatic rings. The molecular formula is C16H22O3. The van der Waals surface area contributed by atoms with Crippen molar-refractivity contribution in [2.24, 2.45) is 5.92 Å². The van der Waals surface area contributed by atoms with Gasteiger partial charge in [-0.2, -0.15) is 0 Å². The molecule has 19 heavy (non-hydrogen) atoms. The number of aliphatic carboxylic acids is 1. The monoisotopic (exact) mass is 262 g/mol. The average Bonchev–Trinajstić information content (AvgIpc) is 2.45. The van der Waals surface area contributed by atoms with E-state index in [1.165, 1.54) is 5.56 Å². The summed E-state index contributed by atoms with van der Waals surface area (Å²) in [4.78, 5) is 10.5. The minimum atomic E-state index is -0.678. The molecule has 1 fully saturated rings. The predicted molar refractivity (Wildman–Crippen MR) is 73.8 cm³/mol. The van der Waals surface area contributed by atoms with E-state index in [1.807, 2.05) is 18.2 Å². The van der Waals surface area contributed by atoms with E-state index in [1.54, 1.807) is 0 Å². The van der Waals surface area contributed by atoms with Crippen LogP contribution in [0.25, 0.3) is 0 Å². The van der Waals surface area contributed by atoms with Gasteiger partial charge in [0.15, 0.2) is 0 Å². The number of hydrogen-bond acceptors (Lipinski definition) is 2. The molecular weight excluding hydrogens is 240 g/mol. The third kappa shape index (κ3) is 5.03. The van der Waals surface area contributed by atoms with Gasteiger partial charge in [0.05, 0.1) is 12.7 Å². The minimum Gasteiger partial charge on any atom is -0.481 e. The van der Waals surface area contributed by atoms with E-state index in [0.717, 1.165) is 32.1 Å². The van der Waals surface area contributed by atoms with Crippen LogP contribution in [0.5, 0.6) is 0 Å². The first-order valence-corrected chi connectivity index (χ1v) is 7.11. The van der Waals surface area contributed by atoms with Crippen LogP contribution in [0.3, 0.4) is 0 Å². The maximum Gasteiger partial charge on any atom is 0.303 e. The van der Waals surface area contributed by atoms with Crippen LogP contribution in [0.4, 0.5) is 0 Å². The highest BCUT2D eigenvalue weighted by Gasteiger charge is 2.21. The molecule has 0 aromatic heterocycles. The van der Waals surface area contributed by atoms with Crippen LogP contribution in [0.2, 0.25) is 0 Å². The molecule has 0 radical (unpaired) electrons. The summed E-state index contributed by atoms with van der Waals surface area (Å²) in [6.07, 6.45) is 5.82. The Morgan fingerprint density at radius 3 is 2.47 bits per heavy atom. The van der Waals surface area contributed by atoms with E-state index in [2.05, 4.69) is 12.1 Å². The van der Waals surface area contributed by atoms with Crippen molar-refractivity contribution < 1.29 is 14.6 Å². The zero-order chi connectivity index (χ0) is 13.5. The summed E-state index contributed by atoms with van der Waals surface area (Å²) in [6.45, 7) is 0.686. The van der Waals surface area contributed by atoms with Gasteiger partial charge in [-0.1, -0.05) is 30.3 Å². The Morgan fingerprint density at radius 1 is 1.16 bits per heavy atom. The molecule has 104 valence electrons. The summed E-state index contributed by atoms with van der Waals surface area (Å²) in [6, 6.07) is 10.2.